The number of rotatable bonds is 2. The predicted molar refractivity (Wildman–Crippen MR) is 85.4 cm³/mol. The van der Waals surface area contributed by atoms with Crippen LogP contribution in [-0.4, -0.2) is 18.6 Å². The third-order valence-electron chi connectivity index (χ3n) is 4.01. The molecule has 0 saturated heterocycles. The Morgan fingerprint density at radius 2 is 1.32 bits per heavy atom. The molecule has 0 radical (unpaired) electrons. The predicted octanol–water partition coefficient (Wildman–Crippen LogP) is 3.47. The van der Waals surface area contributed by atoms with Crippen LogP contribution in [0.25, 0.3) is 0 Å². The van der Waals surface area contributed by atoms with Crippen molar-refractivity contribution in [2.24, 2.45) is 0 Å². The van der Waals surface area contributed by atoms with Crippen LogP contribution in [0.15, 0.2) is 28.0 Å². The van der Waals surface area contributed by atoms with Gasteiger partial charge in [-0.05, 0) is 68.5 Å². The van der Waals surface area contributed by atoms with Gasteiger partial charge in [-0.3, -0.25) is 0 Å². The van der Waals surface area contributed by atoms with E-state index in [-0.39, 0.29) is 21.3 Å². The maximum Gasteiger partial charge on any atom is 0.210 e. The van der Waals surface area contributed by atoms with E-state index in [2.05, 4.69) is 0 Å². The van der Waals surface area contributed by atoms with E-state index in [1.807, 2.05) is 0 Å². The number of benzene rings is 2. The van der Waals surface area contributed by atoms with Crippen LogP contribution in [0.4, 0.5) is 0 Å². The summed E-state index contributed by atoms with van der Waals surface area (Å²) in [6.07, 6.45) is 0. The highest BCUT2D eigenvalue weighted by Crippen LogP contribution is 2.38. The lowest BCUT2D eigenvalue weighted by molar-refractivity contribution is 0.452. The molecule has 0 fully saturated rings. The molecule has 4 nitrogen and oxygen atoms in total. The van der Waals surface area contributed by atoms with Gasteiger partial charge in [-0.2, -0.15) is 0 Å². The molecule has 0 aliphatic heterocycles. The minimum absolute atomic E-state index is 0.0130. The Bertz CT molecular complexity index is 839. The van der Waals surface area contributed by atoms with E-state index >= 15 is 0 Å². The Morgan fingerprint density at radius 3 is 1.91 bits per heavy atom. The average Bonchev–Trinajstić information content (AvgIpc) is 2.40. The van der Waals surface area contributed by atoms with Crippen molar-refractivity contribution >= 4 is 9.84 Å². The zero-order valence-corrected chi connectivity index (χ0v) is 14.2. The molecule has 5 heteroatoms. The summed E-state index contributed by atoms with van der Waals surface area (Å²) in [6, 6.07) is 4.62. The third-order valence-corrected chi connectivity index (χ3v) is 6.06. The molecule has 0 saturated carbocycles. The summed E-state index contributed by atoms with van der Waals surface area (Å²) in [6.45, 7) is 8.53. The van der Waals surface area contributed by atoms with E-state index in [9.17, 15) is 18.6 Å². The summed E-state index contributed by atoms with van der Waals surface area (Å²) in [5.41, 5.74) is 2.96. The molecule has 22 heavy (non-hydrogen) atoms. The maximum absolute atomic E-state index is 13.0. The van der Waals surface area contributed by atoms with Gasteiger partial charge in [-0.25, -0.2) is 8.42 Å². The molecule has 0 atom stereocenters. The zero-order chi connectivity index (χ0) is 16.8. The normalized spacial score (nSPS) is 11.7. The standard InChI is InChI=1S/C17H20O4S/c1-9-6-12(4)16(19)17(13(9)5)22(20,21)15-8-14(18)10(2)7-11(15)3/h6-8,18-19H,1-5H3. The van der Waals surface area contributed by atoms with Crippen LogP contribution >= 0.6 is 0 Å². The Balaban J connectivity index is 2.86. The molecule has 118 valence electrons. The van der Waals surface area contributed by atoms with Gasteiger partial charge in [-0.1, -0.05) is 12.1 Å². The second-order valence-electron chi connectivity index (χ2n) is 5.72. The Hall–Kier alpha value is -2.01. The lowest BCUT2D eigenvalue weighted by Gasteiger charge is -2.16. The van der Waals surface area contributed by atoms with Crippen LogP contribution in [0.5, 0.6) is 11.5 Å². The minimum atomic E-state index is -3.93. The summed E-state index contributed by atoms with van der Waals surface area (Å²) in [5, 5.41) is 20.1. The second kappa shape index (κ2) is 5.32. The number of phenolic OH excluding ortho intramolecular Hbond substituents is 2. The molecule has 0 aromatic heterocycles. The van der Waals surface area contributed by atoms with Gasteiger partial charge in [0.25, 0.3) is 0 Å². The van der Waals surface area contributed by atoms with Crippen LogP contribution in [0.1, 0.15) is 27.8 Å². The summed E-state index contributed by atoms with van der Waals surface area (Å²) in [5.74, 6) is -0.312. The number of hydrogen-bond donors (Lipinski definition) is 2. The van der Waals surface area contributed by atoms with Crippen molar-refractivity contribution in [3.8, 4) is 11.5 Å². The molecule has 2 rings (SSSR count). The first kappa shape index (κ1) is 16.4. The number of hydrogen-bond acceptors (Lipinski definition) is 4. The summed E-state index contributed by atoms with van der Waals surface area (Å²) in [4.78, 5) is -0.0737. The van der Waals surface area contributed by atoms with Crippen LogP contribution in [0.3, 0.4) is 0 Å². The smallest absolute Gasteiger partial charge is 0.210 e. The fraction of sp³-hybridized carbons (Fsp3) is 0.294. The molecule has 0 amide bonds. The monoisotopic (exact) mass is 320 g/mol. The van der Waals surface area contributed by atoms with E-state index < -0.39 is 9.84 Å². The molecule has 0 unspecified atom stereocenters. The van der Waals surface area contributed by atoms with Gasteiger partial charge in [0.15, 0.2) is 0 Å². The fourth-order valence-electron chi connectivity index (χ4n) is 2.59. The number of aryl methyl sites for hydroxylation is 4. The molecule has 0 heterocycles. The highest BCUT2D eigenvalue weighted by atomic mass is 32.2. The lowest BCUT2D eigenvalue weighted by atomic mass is 10.1. The van der Waals surface area contributed by atoms with E-state index in [1.165, 1.54) is 6.07 Å². The van der Waals surface area contributed by atoms with Crippen molar-refractivity contribution in [3.05, 3.63) is 46.0 Å². The first-order valence-corrected chi connectivity index (χ1v) is 8.40. The van der Waals surface area contributed by atoms with Gasteiger partial charge in [0.2, 0.25) is 9.84 Å². The highest BCUT2D eigenvalue weighted by molar-refractivity contribution is 7.91. The van der Waals surface area contributed by atoms with Crippen molar-refractivity contribution < 1.29 is 18.6 Å². The minimum Gasteiger partial charge on any atom is -0.508 e. The first-order chi connectivity index (χ1) is 10.1. The zero-order valence-electron chi connectivity index (χ0n) is 13.4. The SMILES string of the molecule is Cc1cc(C)c(S(=O)(=O)c2c(C)c(C)cc(C)c2O)cc1O. The van der Waals surface area contributed by atoms with E-state index in [0.717, 1.165) is 5.56 Å². The largest absolute Gasteiger partial charge is 0.508 e. The van der Waals surface area contributed by atoms with Gasteiger partial charge in [0, 0.05) is 0 Å². The molecule has 0 aliphatic rings. The average molecular weight is 320 g/mol. The molecule has 0 bridgehead atoms. The topological polar surface area (TPSA) is 74.6 Å². The maximum atomic E-state index is 13.0. The summed E-state index contributed by atoms with van der Waals surface area (Å²) < 4.78 is 26.0. The summed E-state index contributed by atoms with van der Waals surface area (Å²) >= 11 is 0. The number of phenols is 2. The molecule has 0 aliphatic carbocycles. The van der Waals surface area contributed by atoms with Crippen molar-refractivity contribution in [1.82, 2.24) is 0 Å². The molecular formula is C17H20O4S. The van der Waals surface area contributed by atoms with E-state index in [1.54, 1.807) is 46.8 Å². The van der Waals surface area contributed by atoms with Crippen LogP contribution in [0.2, 0.25) is 0 Å². The first-order valence-electron chi connectivity index (χ1n) is 6.92. The van der Waals surface area contributed by atoms with Crippen molar-refractivity contribution in [2.75, 3.05) is 0 Å². The van der Waals surface area contributed by atoms with Gasteiger partial charge in [-0.15, -0.1) is 0 Å². The fourth-order valence-corrected chi connectivity index (χ4v) is 4.54. The highest BCUT2D eigenvalue weighted by Gasteiger charge is 2.28. The Labute approximate surface area is 131 Å². The van der Waals surface area contributed by atoms with Crippen LogP contribution < -0.4 is 0 Å². The molecule has 2 aromatic carbocycles. The van der Waals surface area contributed by atoms with E-state index in [0.29, 0.717) is 22.3 Å². The van der Waals surface area contributed by atoms with Gasteiger partial charge in [0.05, 0.1) is 4.90 Å². The van der Waals surface area contributed by atoms with E-state index in [4.69, 9.17) is 0 Å². The molecule has 0 spiro atoms. The van der Waals surface area contributed by atoms with Crippen LogP contribution in [-0.2, 0) is 9.84 Å². The van der Waals surface area contributed by atoms with Crippen molar-refractivity contribution in [2.45, 2.75) is 44.4 Å². The number of sulfone groups is 1. The van der Waals surface area contributed by atoms with Crippen LogP contribution in [0, 0.1) is 34.6 Å². The van der Waals surface area contributed by atoms with Crippen molar-refractivity contribution in [3.63, 3.8) is 0 Å². The Morgan fingerprint density at radius 1 is 0.773 bits per heavy atom. The second-order valence-corrected chi connectivity index (χ2v) is 7.58. The summed E-state index contributed by atoms with van der Waals surface area (Å²) in [7, 11) is -3.93. The lowest BCUT2D eigenvalue weighted by Crippen LogP contribution is -2.08. The van der Waals surface area contributed by atoms with Gasteiger partial charge >= 0.3 is 0 Å². The Kier molecular flexibility index (Phi) is 3.96. The third kappa shape index (κ3) is 2.46. The molecule has 2 N–H and O–H groups in total. The molecular weight excluding hydrogens is 300 g/mol. The van der Waals surface area contributed by atoms with Crippen molar-refractivity contribution in [1.29, 1.82) is 0 Å². The number of aromatic hydroxyl groups is 2. The van der Waals surface area contributed by atoms with Gasteiger partial charge in [0.1, 0.15) is 16.4 Å². The molecule has 2 aromatic rings. The quantitative estimate of drug-likeness (QED) is 0.888. The van der Waals surface area contributed by atoms with Gasteiger partial charge < -0.3 is 10.2 Å².